The molecule has 0 radical (unpaired) electrons. The number of aryl methyl sites for hydroxylation is 1. The molecule has 1 aliphatic carbocycles. The number of carboxylic acid groups (broad SMARTS) is 1. The van der Waals surface area contributed by atoms with E-state index in [1.807, 2.05) is 0 Å². The van der Waals surface area contributed by atoms with Crippen LogP contribution >= 0.6 is 11.6 Å². The van der Waals surface area contributed by atoms with Crippen LogP contribution in [0.15, 0.2) is 42.6 Å². The molecule has 4 rings (SSSR count). The van der Waals surface area contributed by atoms with Crippen LogP contribution < -0.4 is 11.1 Å². The second-order valence-corrected chi connectivity index (χ2v) is 9.51. The Bertz CT molecular complexity index is 1390. The maximum absolute atomic E-state index is 13.7. The van der Waals surface area contributed by atoms with Gasteiger partial charge in [0.2, 0.25) is 11.8 Å². The summed E-state index contributed by atoms with van der Waals surface area (Å²) in [5.41, 5.74) is 6.01. The third-order valence-corrected chi connectivity index (χ3v) is 7.33. The molecule has 186 valence electrons. The van der Waals surface area contributed by atoms with Crippen molar-refractivity contribution in [2.45, 2.75) is 43.6 Å². The molecule has 2 heterocycles. The number of nitriles is 1. The molecule has 1 aromatic carbocycles. The number of nitrogens with two attached hydrogens (primary N) is 1. The minimum atomic E-state index is -1.54. The highest BCUT2D eigenvalue weighted by Crippen LogP contribution is 2.48. The number of para-hydroxylation sites is 1. The van der Waals surface area contributed by atoms with Gasteiger partial charge in [0.1, 0.15) is 16.9 Å². The first-order valence-corrected chi connectivity index (χ1v) is 12.0. The van der Waals surface area contributed by atoms with Crippen LogP contribution in [0.5, 0.6) is 0 Å². The first kappa shape index (κ1) is 25.2. The minimum absolute atomic E-state index is 0.0713. The van der Waals surface area contributed by atoms with Crippen molar-refractivity contribution in [2.75, 3.05) is 0 Å². The zero-order valence-electron chi connectivity index (χ0n) is 19.7. The van der Waals surface area contributed by atoms with Crippen molar-refractivity contribution in [3.63, 3.8) is 0 Å². The van der Waals surface area contributed by atoms with E-state index in [0.717, 1.165) is 0 Å². The largest absolute Gasteiger partial charge is 0.477 e. The fourth-order valence-electron chi connectivity index (χ4n) is 5.55. The number of nitrogens with zero attached hydrogens (tertiary/aromatic N) is 3. The van der Waals surface area contributed by atoms with Crippen LogP contribution in [-0.4, -0.2) is 38.5 Å². The molecule has 3 atom stereocenters. The summed E-state index contributed by atoms with van der Waals surface area (Å²) < 4.78 is 1.52. The van der Waals surface area contributed by atoms with Crippen molar-refractivity contribution < 1.29 is 19.5 Å². The summed E-state index contributed by atoms with van der Waals surface area (Å²) in [6.07, 6.45) is 3.53. The van der Waals surface area contributed by atoms with E-state index in [1.165, 1.54) is 10.8 Å². The van der Waals surface area contributed by atoms with Gasteiger partial charge in [-0.05, 0) is 36.6 Å². The Hall–Kier alpha value is -3.90. The summed E-state index contributed by atoms with van der Waals surface area (Å²) >= 11 is 5.95. The molecule has 10 heteroatoms. The van der Waals surface area contributed by atoms with Crippen LogP contribution in [0.2, 0.25) is 5.15 Å². The number of amides is 2. The molecule has 0 spiro atoms. The first-order chi connectivity index (χ1) is 17.2. The average Bonchev–Trinajstić information content (AvgIpc) is 3.16. The number of pyridine rings is 1. The Morgan fingerprint density at radius 3 is 2.75 bits per heavy atom. The number of aromatic nitrogens is 2. The lowest BCUT2D eigenvalue weighted by molar-refractivity contribution is -0.137. The van der Waals surface area contributed by atoms with Crippen LogP contribution in [0.3, 0.4) is 0 Å². The molecule has 1 saturated carbocycles. The van der Waals surface area contributed by atoms with E-state index in [-0.39, 0.29) is 29.3 Å². The zero-order chi connectivity index (χ0) is 26.0. The molecular weight excluding hydrogens is 482 g/mol. The Morgan fingerprint density at radius 2 is 2.08 bits per heavy atom. The summed E-state index contributed by atoms with van der Waals surface area (Å²) in [6.45, 7) is 0. The highest BCUT2D eigenvalue weighted by atomic mass is 35.5. The number of halogens is 1. The Labute approximate surface area is 212 Å². The number of hydrogen-bond acceptors (Lipinski definition) is 5. The molecule has 0 bridgehead atoms. The lowest BCUT2D eigenvalue weighted by Crippen LogP contribution is -2.56. The fourth-order valence-corrected chi connectivity index (χ4v) is 5.74. The number of carboxylic acids is 1. The SMILES string of the molecule is Cn1c(C(=O)O)c([C@]2(C(N)=O)CCCC[C@H]2C(=O)NC(C#N)Cc2ccnc(Cl)c2)c2ccccc21. The lowest BCUT2D eigenvalue weighted by atomic mass is 9.60. The topological polar surface area (TPSA) is 151 Å². The Morgan fingerprint density at radius 1 is 1.33 bits per heavy atom. The number of benzene rings is 1. The first-order valence-electron chi connectivity index (χ1n) is 11.6. The molecule has 2 aromatic heterocycles. The molecule has 2 amide bonds. The summed E-state index contributed by atoms with van der Waals surface area (Å²) in [7, 11) is 1.62. The molecule has 4 N–H and O–H groups in total. The predicted octanol–water partition coefficient (Wildman–Crippen LogP) is 3.09. The fraction of sp³-hybridized carbons (Fsp3) is 0.346. The number of nitrogens with one attached hydrogen (secondary N) is 1. The number of fused-ring (bicyclic) bond motifs is 1. The van der Waals surface area contributed by atoms with E-state index in [9.17, 15) is 24.8 Å². The lowest BCUT2D eigenvalue weighted by Gasteiger charge is -2.41. The van der Waals surface area contributed by atoms with E-state index < -0.39 is 35.2 Å². The zero-order valence-corrected chi connectivity index (χ0v) is 20.5. The molecular formula is C26H26ClN5O4. The number of hydrogen-bond donors (Lipinski definition) is 3. The van der Waals surface area contributed by atoms with Crippen LogP contribution in [0.4, 0.5) is 0 Å². The summed E-state index contributed by atoms with van der Waals surface area (Å²) in [5.74, 6) is -3.41. The van der Waals surface area contributed by atoms with Crippen LogP contribution in [0.1, 0.15) is 47.3 Å². The van der Waals surface area contributed by atoms with Gasteiger partial charge in [-0.1, -0.05) is 42.6 Å². The number of carbonyl (C=O) groups excluding carboxylic acids is 2. The number of primary amides is 1. The van der Waals surface area contributed by atoms with Crippen molar-refractivity contribution in [2.24, 2.45) is 18.7 Å². The van der Waals surface area contributed by atoms with Gasteiger partial charge in [0.25, 0.3) is 0 Å². The Balaban J connectivity index is 1.79. The maximum atomic E-state index is 13.7. The van der Waals surface area contributed by atoms with Crippen LogP contribution in [-0.2, 0) is 28.5 Å². The molecule has 1 aliphatic rings. The van der Waals surface area contributed by atoms with E-state index in [4.69, 9.17) is 17.3 Å². The molecule has 3 aromatic rings. The van der Waals surface area contributed by atoms with Gasteiger partial charge in [-0.15, -0.1) is 0 Å². The summed E-state index contributed by atoms with van der Waals surface area (Å²) in [5, 5.41) is 23.5. The summed E-state index contributed by atoms with van der Waals surface area (Å²) in [4.78, 5) is 43.3. The minimum Gasteiger partial charge on any atom is -0.477 e. The predicted molar refractivity (Wildman–Crippen MR) is 133 cm³/mol. The quantitative estimate of drug-likeness (QED) is 0.418. The van der Waals surface area contributed by atoms with Gasteiger partial charge in [0, 0.05) is 36.1 Å². The average molecular weight is 508 g/mol. The number of carbonyl (C=O) groups is 3. The highest BCUT2D eigenvalue weighted by molar-refractivity contribution is 6.29. The molecule has 0 aliphatic heterocycles. The third-order valence-electron chi connectivity index (χ3n) is 7.12. The second-order valence-electron chi connectivity index (χ2n) is 9.12. The monoisotopic (exact) mass is 507 g/mol. The Kier molecular flexibility index (Phi) is 7.00. The van der Waals surface area contributed by atoms with Crippen LogP contribution in [0.25, 0.3) is 10.9 Å². The second kappa shape index (κ2) is 9.99. The van der Waals surface area contributed by atoms with Gasteiger partial charge in [0.05, 0.1) is 17.4 Å². The summed E-state index contributed by atoms with van der Waals surface area (Å²) in [6, 6.07) is 11.6. The standard InChI is InChI=1S/C26H26ClN5O4/c1-32-19-8-3-2-6-17(19)21(22(32)24(34)35)26(25(29)36)10-5-4-7-18(26)23(33)31-16(14-28)12-15-9-11-30-20(27)13-15/h2-3,6,8-9,11,13,16,18H,4-5,7,10,12H2,1H3,(H2,29,36)(H,31,33)(H,34,35)/t16?,18-,26-/m0/s1. The van der Waals surface area contributed by atoms with E-state index in [2.05, 4.69) is 16.4 Å². The molecule has 1 fully saturated rings. The van der Waals surface area contributed by atoms with Gasteiger partial charge in [-0.25, -0.2) is 9.78 Å². The van der Waals surface area contributed by atoms with Crippen LogP contribution in [0, 0.1) is 17.2 Å². The molecule has 1 unspecified atom stereocenters. The maximum Gasteiger partial charge on any atom is 0.352 e. The normalized spacial score (nSPS) is 20.4. The molecule has 36 heavy (non-hydrogen) atoms. The number of aromatic carboxylic acids is 1. The van der Waals surface area contributed by atoms with Crippen molar-refractivity contribution in [1.82, 2.24) is 14.9 Å². The number of rotatable bonds is 7. The highest BCUT2D eigenvalue weighted by Gasteiger charge is 2.54. The van der Waals surface area contributed by atoms with Crippen molar-refractivity contribution >= 4 is 40.3 Å². The van der Waals surface area contributed by atoms with Crippen molar-refractivity contribution in [1.29, 1.82) is 5.26 Å². The van der Waals surface area contributed by atoms with Gasteiger partial charge >= 0.3 is 5.97 Å². The van der Waals surface area contributed by atoms with Gasteiger partial charge in [-0.2, -0.15) is 5.26 Å². The van der Waals surface area contributed by atoms with Crippen molar-refractivity contribution in [3.8, 4) is 6.07 Å². The molecule has 0 saturated heterocycles. The third kappa shape index (κ3) is 4.29. The van der Waals surface area contributed by atoms with Gasteiger partial charge < -0.3 is 20.7 Å². The van der Waals surface area contributed by atoms with E-state index in [1.54, 1.807) is 43.4 Å². The van der Waals surface area contributed by atoms with Gasteiger partial charge in [0.15, 0.2) is 0 Å². The van der Waals surface area contributed by atoms with Crippen molar-refractivity contribution in [3.05, 3.63) is 64.6 Å². The smallest absolute Gasteiger partial charge is 0.352 e. The molecule has 9 nitrogen and oxygen atoms in total. The van der Waals surface area contributed by atoms with Gasteiger partial charge in [-0.3, -0.25) is 9.59 Å². The van der Waals surface area contributed by atoms with E-state index in [0.29, 0.717) is 35.7 Å². The van der Waals surface area contributed by atoms with E-state index >= 15 is 0 Å².